The summed E-state index contributed by atoms with van der Waals surface area (Å²) in [5, 5.41) is 2.74. The molecule has 5 heteroatoms. The van der Waals surface area contributed by atoms with E-state index in [0.717, 1.165) is 5.56 Å². The minimum atomic E-state index is -3.42. The fraction of sp³-hybridized carbons (Fsp3) is 0.273. The molecule has 1 aromatic rings. The topological polar surface area (TPSA) is 49.4 Å². The highest BCUT2D eigenvalue weighted by Gasteiger charge is 2.17. The predicted octanol–water partition coefficient (Wildman–Crippen LogP) is 1.31. The van der Waals surface area contributed by atoms with Crippen molar-refractivity contribution in [3.8, 4) is 0 Å². The van der Waals surface area contributed by atoms with Crippen LogP contribution in [0.1, 0.15) is 5.56 Å². The summed E-state index contributed by atoms with van der Waals surface area (Å²) < 4.78 is 25.2. The molecule has 0 saturated carbocycles. The minimum Gasteiger partial charge on any atom is -0.393 e. The molecule has 1 N–H and O–H groups in total. The number of nitrogens with one attached hydrogen (secondary N) is 1. The predicted molar refractivity (Wildman–Crippen MR) is 64.3 cm³/mol. The first-order chi connectivity index (χ1) is 7.48. The van der Waals surface area contributed by atoms with Crippen LogP contribution in [0.2, 0.25) is 0 Å². The molecule has 16 heavy (non-hydrogen) atoms. The van der Waals surface area contributed by atoms with Gasteiger partial charge in [0.05, 0.1) is 4.90 Å². The lowest BCUT2D eigenvalue weighted by atomic mass is 10.2. The van der Waals surface area contributed by atoms with E-state index in [1.54, 1.807) is 37.5 Å². The van der Waals surface area contributed by atoms with Crippen molar-refractivity contribution in [3.63, 3.8) is 0 Å². The third kappa shape index (κ3) is 2.76. The smallest absolute Gasteiger partial charge is 0.263 e. The molecule has 0 atom stereocenters. The van der Waals surface area contributed by atoms with Crippen LogP contribution in [0.3, 0.4) is 0 Å². The van der Waals surface area contributed by atoms with Crippen molar-refractivity contribution in [2.45, 2.75) is 11.8 Å². The standard InChI is InChI=1S/C11H16N2O2S/c1-10-4-6-11(7-5-10)16(14,15)13(3)9-8-12-2/h4-9,12H,1-3H3/b9-8+. The zero-order chi connectivity index (χ0) is 12.2. The Morgan fingerprint density at radius 2 is 1.81 bits per heavy atom. The first-order valence-electron chi connectivity index (χ1n) is 4.87. The third-order valence-corrected chi connectivity index (χ3v) is 3.90. The lowest BCUT2D eigenvalue weighted by Gasteiger charge is -2.14. The number of sulfonamides is 1. The van der Waals surface area contributed by atoms with Crippen LogP contribution in [0.4, 0.5) is 0 Å². The molecule has 0 fully saturated rings. The molecule has 0 aliphatic rings. The Balaban J connectivity index is 3.02. The first-order valence-corrected chi connectivity index (χ1v) is 6.31. The summed E-state index contributed by atoms with van der Waals surface area (Å²) in [5.41, 5.74) is 1.03. The van der Waals surface area contributed by atoms with E-state index in [9.17, 15) is 8.42 Å². The third-order valence-electron chi connectivity index (χ3n) is 2.15. The van der Waals surface area contributed by atoms with Crippen molar-refractivity contribution in [2.75, 3.05) is 14.1 Å². The van der Waals surface area contributed by atoms with E-state index < -0.39 is 10.0 Å². The molecule has 1 rings (SSSR count). The monoisotopic (exact) mass is 240 g/mol. The van der Waals surface area contributed by atoms with Gasteiger partial charge in [-0.25, -0.2) is 8.42 Å². The van der Waals surface area contributed by atoms with Crippen LogP contribution in [0.5, 0.6) is 0 Å². The van der Waals surface area contributed by atoms with Gasteiger partial charge in [0.1, 0.15) is 0 Å². The molecule has 0 saturated heterocycles. The van der Waals surface area contributed by atoms with Gasteiger partial charge in [-0.1, -0.05) is 17.7 Å². The van der Waals surface area contributed by atoms with Crippen molar-refractivity contribution < 1.29 is 8.42 Å². The highest BCUT2D eigenvalue weighted by molar-refractivity contribution is 7.89. The van der Waals surface area contributed by atoms with Gasteiger partial charge in [0.25, 0.3) is 10.0 Å². The molecule has 1 aromatic carbocycles. The van der Waals surface area contributed by atoms with Gasteiger partial charge in [0.15, 0.2) is 0 Å². The second kappa shape index (κ2) is 5.03. The number of hydrogen-bond donors (Lipinski definition) is 1. The van der Waals surface area contributed by atoms with Crippen molar-refractivity contribution in [2.24, 2.45) is 0 Å². The molecular weight excluding hydrogens is 224 g/mol. The molecule has 0 amide bonds. The van der Waals surface area contributed by atoms with E-state index in [-0.39, 0.29) is 0 Å². The van der Waals surface area contributed by atoms with E-state index in [4.69, 9.17) is 0 Å². The SMILES string of the molecule is CN/C=C/N(C)S(=O)(=O)c1ccc(C)cc1. The van der Waals surface area contributed by atoms with Crippen LogP contribution >= 0.6 is 0 Å². The van der Waals surface area contributed by atoms with Crippen LogP contribution < -0.4 is 5.32 Å². The average Bonchev–Trinajstić information content (AvgIpc) is 2.26. The molecule has 0 aliphatic carbocycles. The maximum absolute atomic E-state index is 12.0. The molecule has 88 valence electrons. The number of benzene rings is 1. The molecule has 0 aliphatic heterocycles. The van der Waals surface area contributed by atoms with Crippen LogP contribution in [0.15, 0.2) is 41.6 Å². The molecule has 0 heterocycles. The van der Waals surface area contributed by atoms with Gasteiger partial charge in [-0.2, -0.15) is 0 Å². The van der Waals surface area contributed by atoms with Crippen molar-refractivity contribution in [1.29, 1.82) is 0 Å². The fourth-order valence-electron chi connectivity index (χ4n) is 1.14. The Kier molecular flexibility index (Phi) is 3.95. The molecule has 0 unspecified atom stereocenters. The van der Waals surface area contributed by atoms with Crippen LogP contribution in [0, 0.1) is 6.92 Å². The van der Waals surface area contributed by atoms with Crippen molar-refractivity contribution in [3.05, 3.63) is 42.2 Å². The quantitative estimate of drug-likeness (QED) is 0.863. The largest absolute Gasteiger partial charge is 0.393 e. The maximum atomic E-state index is 12.0. The Morgan fingerprint density at radius 1 is 1.25 bits per heavy atom. The highest BCUT2D eigenvalue weighted by Crippen LogP contribution is 2.14. The summed E-state index contributed by atoms with van der Waals surface area (Å²) >= 11 is 0. The highest BCUT2D eigenvalue weighted by atomic mass is 32.2. The minimum absolute atomic E-state index is 0.293. The van der Waals surface area contributed by atoms with Gasteiger partial charge in [0, 0.05) is 26.5 Å². The molecule has 0 aromatic heterocycles. The maximum Gasteiger partial charge on any atom is 0.263 e. The van der Waals surface area contributed by atoms with Gasteiger partial charge in [-0.15, -0.1) is 0 Å². The Labute approximate surface area is 96.6 Å². The normalized spacial score (nSPS) is 11.7. The van der Waals surface area contributed by atoms with Gasteiger partial charge in [0.2, 0.25) is 0 Å². The van der Waals surface area contributed by atoms with E-state index in [2.05, 4.69) is 5.32 Å². The number of aryl methyl sites for hydroxylation is 1. The van der Waals surface area contributed by atoms with Crippen molar-refractivity contribution in [1.82, 2.24) is 9.62 Å². The lowest BCUT2D eigenvalue weighted by Crippen LogP contribution is -2.22. The number of hydrogen-bond acceptors (Lipinski definition) is 3. The molecule has 0 spiro atoms. The fourth-order valence-corrected chi connectivity index (χ4v) is 2.17. The van der Waals surface area contributed by atoms with Crippen LogP contribution in [0.25, 0.3) is 0 Å². The first kappa shape index (κ1) is 12.6. The van der Waals surface area contributed by atoms with Gasteiger partial charge >= 0.3 is 0 Å². The lowest BCUT2D eigenvalue weighted by molar-refractivity contribution is 0.538. The second-order valence-corrected chi connectivity index (χ2v) is 5.44. The summed E-state index contributed by atoms with van der Waals surface area (Å²) in [6, 6.07) is 6.77. The van der Waals surface area contributed by atoms with Gasteiger partial charge in [-0.05, 0) is 19.1 Å². The molecular formula is C11H16N2O2S. The van der Waals surface area contributed by atoms with E-state index in [0.29, 0.717) is 4.90 Å². The zero-order valence-electron chi connectivity index (χ0n) is 9.64. The van der Waals surface area contributed by atoms with E-state index >= 15 is 0 Å². The van der Waals surface area contributed by atoms with E-state index in [1.807, 2.05) is 6.92 Å². The second-order valence-electron chi connectivity index (χ2n) is 3.44. The summed E-state index contributed by atoms with van der Waals surface area (Å²) in [5.74, 6) is 0. The van der Waals surface area contributed by atoms with Gasteiger partial charge in [-0.3, -0.25) is 4.31 Å². The average molecular weight is 240 g/mol. The summed E-state index contributed by atoms with van der Waals surface area (Å²) in [6.45, 7) is 1.92. The summed E-state index contributed by atoms with van der Waals surface area (Å²) in [6.07, 6.45) is 3.03. The number of rotatable bonds is 4. The van der Waals surface area contributed by atoms with Crippen molar-refractivity contribution >= 4 is 10.0 Å². The Hall–Kier alpha value is -1.49. The molecule has 0 radical (unpaired) electrons. The molecule has 0 bridgehead atoms. The van der Waals surface area contributed by atoms with E-state index in [1.165, 1.54) is 17.6 Å². The summed E-state index contributed by atoms with van der Waals surface area (Å²) in [7, 11) is -0.207. The van der Waals surface area contributed by atoms with Gasteiger partial charge < -0.3 is 5.32 Å². The van der Waals surface area contributed by atoms with Crippen LogP contribution in [-0.2, 0) is 10.0 Å². The molecule has 4 nitrogen and oxygen atoms in total. The Morgan fingerprint density at radius 3 is 2.31 bits per heavy atom. The number of nitrogens with zero attached hydrogens (tertiary/aromatic N) is 1. The van der Waals surface area contributed by atoms with Crippen LogP contribution in [-0.4, -0.2) is 26.8 Å². The Bertz CT molecular complexity index is 463. The summed E-state index contributed by atoms with van der Waals surface area (Å²) in [4.78, 5) is 0.293. The zero-order valence-corrected chi connectivity index (χ0v) is 10.5.